The minimum absolute atomic E-state index is 0.0816. The zero-order chi connectivity index (χ0) is 7.84. The smallest absolute Gasteiger partial charge is 0.152 e. The van der Waals surface area contributed by atoms with Crippen molar-refractivity contribution in [1.29, 1.82) is 0 Å². The van der Waals surface area contributed by atoms with Gasteiger partial charge in [0.25, 0.3) is 0 Å². The van der Waals surface area contributed by atoms with Crippen LogP contribution in [0.25, 0.3) is 0 Å². The molecule has 2 N–H and O–H groups in total. The molecule has 0 aromatic heterocycles. The maximum absolute atomic E-state index is 9.18. The highest BCUT2D eigenvalue weighted by molar-refractivity contribution is 5.28. The lowest BCUT2D eigenvalue weighted by molar-refractivity contribution is 0.316. The Morgan fingerprint density at radius 2 is 1.91 bits per heavy atom. The number of allylic oxidation sites excluding steroid dienone is 3. The van der Waals surface area contributed by atoms with E-state index in [1.54, 1.807) is 6.08 Å². The molecule has 0 atom stereocenters. The van der Waals surface area contributed by atoms with Gasteiger partial charge in [-0.15, -0.1) is 0 Å². The van der Waals surface area contributed by atoms with Crippen molar-refractivity contribution < 1.29 is 10.2 Å². The van der Waals surface area contributed by atoms with Crippen molar-refractivity contribution >= 4 is 0 Å². The van der Waals surface area contributed by atoms with Gasteiger partial charge in [-0.3, -0.25) is 0 Å². The third kappa shape index (κ3) is 1.25. The average Bonchev–Trinajstić information content (AvgIpc) is 2.77. The molecule has 2 heteroatoms. The topological polar surface area (TPSA) is 40.5 Å². The van der Waals surface area contributed by atoms with E-state index in [0.29, 0.717) is 12.3 Å². The van der Waals surface area contributed by atoms with Gasteiger partial charge in [0, 0.05) is 6.42 Å². The number of aliphatic hydroxyl groups excluding tert-OH is 2. The molecule has 0 aromatic carbocycles. The van der Waals surface area contributed by atoms with Crippen molar-refractivity contribution in [3.05, 3.63) is 23.2 Å². The van der Waals surface area contributed by atoms with Crippen LogP contribution in [-0.4, -0.2) is 10.2 Å². The van der Waals surface area contributed by atoms with Gasteiger partial charge in [-0.25, -0.2) is 0 Å². The van der Waals surface area contributed by atoms with Gasteiger partial charge >= 0.3 is 0 Å². The van der Waals surface area contributed by atoms with Crippen molar-refractivity contribution in [3.8, 4) is 0 Å². The van der Waals surface area contributed by atoms with E-state index < -0.39 is 0 Å². The van der Waals surface area contributed by atoms with Crippen LogP contribution in [0, 0.1) is 5.92 Å². The first-order valence-corrected chi connectivity index (χ1v) is 4.09. The summed E-state index contributed by atoms with van der Waals surface area (Å²) in [6.45, 7) is 0. The highest BCUT2D eigenvalue weighted by Crippen LogP contribution is 2.41. The molecule has 0 heterocycles. The van der Waals surface area contributed by atoms with E-state index in [0.717, 1.165) is 6.42 Å². The predicted octanol–water partition coefficient (Wildman–Crippen LogP) is 2.44. The molecular formula is C9H12O2. The van der Waals surface area contributed by atoms with Crippen molar-refractivity contribution in [2.75, 3.05) is 0 Å². The number of hydrogen-bond acceptors (Lipinski definition) is 2. The van der Waals surface area contributed by atoms with E-state index in [1.165, 1.54) is 18.4 Å². The van der Waals surface area contributed by atoms with Gasteiger partial charge in [0.1, 0.15) is 5.76 Å². The Balaban J connectivity index is 2.18. The normalized spacial score (nSPS) is 25.3. The molecule has 2 aliphatic rings. The molecule has 0 saturated heterocycles. The molecule has 1 fully saturated rings. The van der Waals surface area contributed by atoms with Gasteiger partial charge in [-0.2, -0.15) is 0 Å². The van der Waals surface area contributed by atoms with Crippen LogP contribution >= 0.6 is 0 Å². The zero-order valence-electron chi connectivity index (χ0n) is 6.38. The van der Waals surface area contributed by atoms with Crippen LogP contribution in [0.4, 0.5) is 0 Å². The van der Waals surface area contributed by atoms with E-state index in [1.807, 2.05) is 0 Å². The predicted molar refractivity (Wildman–Crippen MR) is 42.3 cm³/mol. The summed E-state index contributed by atoms with van der Waals surface area (Å²) in [7, 11) is 0. The van der Waals surface area contributed by atoms with Crippen molar-refractivity contribution in [2.24, 2.45) is 5.92 Å². The van der Waals surface area contributed by atoms with Gasteiger partial charge in [0.2, 0.25) is 0 Å². The standard InChI is InChI=1S/C9H12O2/c10-8-4-3-7(5-9(8)11)6-1-2-6/h5-6,10-11H,1-4H2. The Bertz CT molecular complexity index is 234. The Morgan fingerprint density at radius 1 is 1.18 bits per heavy atom. The fourth-order valence-electron chi connectivity index (χ4n) is 1.50. The fourth-order valence-corrected chi connectivity index (χ4v) is 1.50. The summed E-state index contributed by atoms with van der Waals surface area (Å²) in [5.41, 5.74) is 1.32. The second-order valence-corrected chi connectivity index (χ2v) is 3.33. The van der Waals surface area contributed by atoms with Crippen LogP contribution in [0.3, 0.4) is 0 Å². The molecule has 0 amide bonds. The summed E-state index contributed by atoms with van der Waals surface area (Å²) < 4.78 is 0. The van der Waals surface area contributed by atoms with Crippen LogP contribution in [0.15, 0.2) is 23.2 Å². The molecular weight excluding hydrogens is 140 g/mol. The molecule has 0 aromatic rings. The number of hydrogen-bond donors (Lipinski definition) is 2. The summed E-state index contributed by atoms with van der Waals surface area (Å²) in [6.07, 6.45) is 5.81. The van der Waals surface area contributed by atoms with Crippen LogP contribution < -0.4 is 0 Å². The molecule has 2 nitrogen and oxygen atoms in total. The average molecular weight is 152 g/mol. The molecule has 2 aliphatic carbocycles. The van der Waals surface area contributed by atoms with Gasteiger partial charge in [0.05, 0.1) is 0 Å². The highest BCUT2D eigenvalue weighted by atomic mass is 16.3. The SMILES string of the molecule is OC1=C(O)CCC(C2CC2)=C1. The lowest BCUT2D eigenvalue weighted by atomic mass is 9.99. The maximum Gasteiger partial charge on any atom is 0.152 e. The van der Waals surface area contributed by atoms with E-state index in [2.05, 4.69) is 0 Å². The van der Waals surface area contributed by atoms with Crippen LogP contribution in [0.1, 0.15) is 25.7 Å². The Labute approximate surface area is 65.9 Å². The highest BCUT2D eigenvalue weighted by Gasteiger charge is 2.27. The minimum Gasteiger partial charge on any atom is -0.508 e. The number of rotatable bonds is 1. The second-order valence-electron chi connectivity index (χ2n) is 3.33. The molecule has 60 valence electrons. The lowest BCUT2D eigenvalue weighted by Crippen LogP contribution is -1.99. The summed E-state index contributed by atoms with van der Waals surface area (Å²) in [5.74, 6) is 0.942. The molecule has 0 unspecified atom stereocenters. The molecule has 0 bridgehead atoms. The van der Waals surface area contributed by atoms with E-state index in [4.69, 9.17) is 5.11 Å². The molecule has 11 heavy (non-hydrogen) atoms. The van der Waals surface area contributed by atoms with Gasteiger partial charge in [-0.05, 0) is 31.3 Å². The molecule has 0 spiro atoms. The quantitative estimate of drug-likeness (QED) is 0.605. The Hall–Kier alpha value is -0.920. The first-order chi connectivity index (χ1) is 5.27. The summed E-state index contributed by atoms with van der Waals surface area (Å²) in [5, 5.41) is 18.3. The molecule has 0 radical (unpaired) electrons. The molecule has 0 aliphatic heterocycles. The summed E-state index contributed by atoms with van der Waals surface area (Å²) >= 11 is 0. The zero-order valence-corrected chi connectivity index (χ0v) is 6.38. The summed E-state index contributed by atoms with van der Waals surface area (Å²) in [4.78, 5) is 0. The lowest BCUT2D eigenvalue weighted by Gasteiger charge is -2.11. The minimum atomic E-state index is 0.0816. The van der Waals surface area contributed by atoms with E-state index in [-0.39, 0.29) is 11.5 Å². The summed E-state index contributed by atoms with van der Waals surface area (Å²) in [6, 6.07) is 0. The van der Waals surface area contributed by atoms with Crippen molar-refractivity contribution in [2.45, 2.75) is 25.7 Å². The van der Waals surface area contributed by atoms with Crippen LogP contribution in [-0.2, 0) is 0 Å². The van der Waals surface area contributed by atoms with Gasteiger partial charge in [0.15, 0.2) is 5.76 Å². The fraction of sp³-hybridized carbons (Fsp3) is 0.556. The van der Waals surface area contributed by atoms with Crippen LogP contribution in [0.5, 0.6) is 0 Å². The van der Waals surface area contributed by atoms with E-state index in [9.17, 15) is 5.11 Å². The van der Waals surface area contributed by atoms with Crippen molar-refractivity contribution in [1.82, 2.24) is 0 Å². The van der Waals surface area contributed by atoms with E-state index >= 15 is 0 Å². The van der Waals surface area contributed by atoms with Gasteiger partial charge < -0.3 is 10.2 Å². The largest absolute Gasteiger partial charge is 0.508 e. The van der Waals surface area contributed by atoms with Gasteiger partial charge in [-0.1, -0.05) is 5.57 Å². The molecule has 1 saturated carbocycles. The van der Waals surface area contributed by atoms with Crippen LogP contribution in [0.2, 0.25) is 0 Å². The van der Waals surface area contributed by atoms with Crippen molar-refractivity contribution in [3.63, 3.8) is 0 Å². The monoisotopic (exact) mass is 152 g/mol. The Kier molecular flexibility index (Phi) is 1.41. The Morgan fingerprint density at radius 3 is 2.45 bits per heavy atom. The number of aliphatic hydroxyl groups is 2. The first kappa shape index (κ1) is 6.77. The maximum atomic E-state index is 9.18. The third-order valence-corrected chi connectivity index (χ3v) is 2.37. The third-order valence-electron chi connectivity index (χ3n) is 2.37. The second kappa shape index (κ2) is 2.29. The molecule has 2 rings (SSSR count). The first-order valence-electron chi connectivity index (χ1n) is 4.09.